The Balaban J connectivity index is 1.98. The molecule has 0 fully saturated rings. The van der Waals surface area contributed by atoms with Crippen molar-refractivity contribution in [3.8, 4) is 0 Å². The van der Waals surface area contributed by atoms with Crippen molar-refractivity contribution in [1.82, 2.24) is 0 Å². The highest BCUT2D eigenvalue weighted by atomic mass is 35.5. The Labute approximate surface area is 216 Å². The molecule has 0 radical (unpaired) electrons. The zero-order valence-electron chi connectivity index (χ0n) is 22.1. The summed E-state index contributed by atoms with van der Waals surface area (Å²) >= 11 is 5.74. The summed E-state index contributed by atoms with van der Waals surface area (Å²) in [7, 11) is 0. The lowest BCUT2D eigenvalue weighted by molar-refractivity contribution is -0.0672. The number of hydrogen-bond acceptors (Lipinski definition) is 3. The van der Waals surface area contributed by atoms with Gasteiger partial charge < -0.3 is 14.2 Å². The Morgan fingerprint density at radius 3 is 1.59 bits per heavy atom. The molecule has 0 saturated heterocycles. The SMILES string of the molecule is CCCCCCCCCCCCCCCCOCC(COCCCCCl)OCc1ccccc1. The molecule has 1 unspecified atom stereocenters. The van der Waals surface area contributed by atoms with E-state index >= 15 is 0 Å². The van der Waals surface area contributed by atoms with Crippen molar-refractivity contribution in [2.24, 2.45) is 0 Å². The van der Waals surface area contributed by atoms with Crippen LogP contribution in [0.5, 0.6) is 0 Å². The van der Waals surface area contributed by atoms with E-state index in [0.29, 0.717) is 25.7 Å². The number of hydrogen-bond donors (Lipinski definition) is 0. The van der Waals surface area contributed by atoms with Gasteiger partial charge in [0.25, 0.3) is 0 Å². The van der Waals surface area contributed by atoms with Crippen molar-refractivity contribution in [2.75, 3.05) is 32.3 Å². The molecule has 0 aromatic heterocycles. The van der Waals surface area contributed by atoms with E-state index in [1.807, 2.05) is 18.2 Å². The third kappa shape index (κ3) is 20.7. The maximum Gasteiger partial charge on any atom is 0.105 e. The first-order valence-corrected chi connectivity index (χ1v) is 14.8. The van der Waals surface area contributed by atoms with Crippen molar-refractivity contribution in [3.63, 3.8) is 0 Å². The number of ether oxygens (including phenoxy) is 3. The summed E-state index contributed by atoms with van der Waals surface area (Å²) in [4.78, 5) is 0. The molecule has 34 heavy (non-hydrogen) atoms. The van der Waals surface area contributed by atoms with Crippen molar-refractivity contribution in [3.05, 3.63) is 35.9 Å². The molecular weight excluding hydrogens is 444 g/mol. The quantitative estimate of drug-likeness (QED) is 0.0944. The Hall–Kier alpha value is -0.610. The fraction of sp³-hybridized carbons (Fsp3) is 0.800. The summed E-state index contributed by atoms with van der Waals surface area (Å²) < 4.78 is 17.8. The lowest BCUT2D eigenvalue weighted by atomic mass is 10.0. The minimum Gasteiger partial charge on any atom is -0.379 e. The van der Waals surface area contributed by atoms with E-state index < -0.39 is 0 Å². The number of alkyl halides is 1. The summed E-state index contributed by atoms with van der Waals surface area (Å²) in [5.74, 6) is 0.694. The summed E-state index contributed by atoms with van der Waals surface area (Å²) in [6.45, 7) is 5.61. The van der Waals surface area contributed by atoms with E-state index in [0.717, 1.165) is 32.5 Å². The Morgan fingerprint density at radius 1 is 0.618 bits per heavy atom. The molecule has 0 amide bonds. The Bertz CT molecular complexity index is 511. The topological polar surface area (TPSA) is 27.7 Å². The molecule has 0 bridgehead atoms. The molecule has 0 heterocycles. The molecule has 198 valence electrons. The largest absolute Gasteiger partial charge is 0.379 e. The first-order valence-electron chi connectivity index (χ1n) is 14.2. The average molecular weight is 497 g/mol. The number of unbranched alkanes of at least 4 members (excludes halogenated alkanes) is 14. The highest BCUT2D eigenvalue weighted by molar-refractivity contribution is 6.17. The number of benzene rings is 1. The van der Waals surface area contributed by atoms with Gasteiger partial charge in [-0.05, 0) is 24.8 Å². The molecule has 0 saturated carbocycles. The van der Waals surface area contributed by atoms with Crippen molar-refractivity contribution < 1.29 is 14.2 Å². The van der Waals surface area contributed by atoms with Gasteiger partial charge in [0, 0.05) is 19.1 Å². The summed E-state index contributed by atoms with van der Waals surface area (Å²) in [5, 5.41) is 0. The van der Waals surface area contributed by atoms with E-state index in [4.69, 9.17) is 25.8 Å². The lowest BCUT2D eigenvalue weighted by Crippen LogP contribution is -2.26. The highest BCUT2D eigenvalue weighted by Crippen LogP contribution is 2.13. The average Bonchev–Trinajstić information content (AvgIpc) is 2.87. The van der Waals surface area contributed by atoms with Gasteiger partial charge >= 0.3 is 0 Å². The van der Waals surface area contributed by atoms with Gasteiger partial charge in [0.2, 0.25) is 0 Å². The van der Waals surface area contributed by atoms with Crippen LogP contribution in [0.1, 0.15) is 115 Å². The number of rotatable bonds is 26. The lowest BCUT2D eigenvalue weighted by Gasteiger charge is -2.18. The van der Waals surface area contributed by atoms with Gasteiger partial charge in [-0.15, -0.1) is 11.6 Å². The van der Waals surface area contributed by atoms with E-state index in [2.05, 4.69) is 19.1 Å². The van der Waals surface area contributed by atoms with Crippen LogP contribution in [0.25, 0.3) is 0 Å². The molecule has 0 N–H and O–H groups in total. The van der Waals surface area contributed by atoms with Gasteiger partial charge in [-0.1, -0.05) is 121 Å². The van der Waals surface area contributed by atoms with E-state index in [9.17, 15) is 0 Å². The van der Waals surface area contributed by atoms with E-state index in [-0.39, 0.29) is 6.10 Å². The summed E-state index contributed by atoms with van der Waals surface area (Å²) in [6, 6.07) is 10.3. The fourth-order valence-electron chi connectivity index (χ4n) is 4.06. The maximum absolute atomic E-state index is 6.08. The van der Waals surface area contributed by atoms with Crippen LogP contribution < -0.4 is 0 Å². The second-order valence-electron chi connectivity index (χ2n) is 9.56. The minimum absolute atomic E-state index is 0.0251. The first-order chi connectivity index (χ1) is 16.9. The smallest absolute Gasteiger partial charge is 0.105 e. The predicted molar refractivity (Wildman–Crippen MR) is 147 cm³/mol. The van der Waals surface area contributed by atoms with Gasteiger partial charge in [0.15, 0.2) is 0 Å². The van der Waals surface area contributed by atoms with Crippen LogP contribution >= 0.6 is 11.6 Å². The molecule has 0 aliphatic carbocycles. The minimum atomic E-state index is -0.0251. The van der Waals surface area contributed by atoms with Crippen molar-refractivity contribution >= 4 is 11.6 Å². The van der Waals surface area contributed by atoms with Gasteiger partial charge in [-0.2, -0.15) is 0 Å². The highest BCUT2D eigenvalue weighted by Gasteiger charge is 2.10. The van der Waals surface area contributed by atoms with Crippen LogP contribution in [0.3, 0.4) is 0 Å². The predicted octanol–water partition coefficient (Wildman–Crippen LogP) is 9.11. The zero-order valence-corrected chi connectivity index (χ0v) is 22.9. The van der Waals surface area contributed by atoms with Crippen LogP contribution in [0.2, 0.25) is 0 Å². The third-order valence-electron chi connectivity index (χ3n) is 6.25. The second-order valence-corrected chi connectivity index (χ2v) is 9.94. The Morgan fingerprint density at radius 2 is 1.09 bits per heavy atom. The van der Waals surface area contributed by atoms with Gasteiger partial charge in [-0.25, -0.2) is 0 Å². The maximum atomic E-state index is 6.08. The normalized spacial score (nSPS) is 12.3. The molecule has 0 aliphatic heterocycles. The molecule has 0 spiro atoms. The standard InChI is InChI=1S/C30H53ClO3/c1-2-3-4-5-6-7-8-9-10-11-12-13-14-19-24-32-27-30(28-33-25-20-18-23-31)34-26-29-21-16-15-17-22-29/h15-17,21-22,30H,2-14,18-20,23-28H2,1H3. The molecule has 1 rings (SSSR count). The molecule has 0 aliphatic rings. The summed E-state index contributed by atoms with van der Waals surface area (Å²) in [6.07, 6.45) is 21.3. The van der Waals surface area contributed by atoms with Crippen molar-refractivity contribution in [1.29, 1.82) is 0 Å². The van der Waals surface area contributed by atoms with Crippen LogP contribution in [0.4, 0.5) is 0 Å². The van der Waals surface area contributed by atoms with Crippen LogP contribution in [0, 0.1) is 0 Å². The van der Waals surface area contributed by atoms with Gasteiger partial charge in [0.1, 0.15) is 6.10 Å². The molecule has 4 heteroatoms. The summed E-state index contributed by atoms with van der Waals surface area (Å²) in [5.41, 5.74) is 1.18. The third-order valence-corrected chi connectivity index (χ3v) is 6.52. The van der Waals surface area contributed by atoms with Crippen molar-refractivity contribution in [2.45, 2.75) is 122 Å². The first kappa shape index (κ1) is 31.4. The molecular formula is C30H53ClO3. The Kier molecular flexibility index (Phi) is 23.5. The molecule has 1 aromatic rings. The monoisotopic (exact) mass is 496 g/mol. The zero-order chi connectivity index (χ0) is 24.4. The van der Waals surface area contributed by atoms with Crippen LogP contribution in [0.15, 0.2) is 30.3 Å². The van der Waals surface area contributed by atoms with E-state index in [1.54, 1.807) is 0 Å². The second kappa shape index (κ2) is 25.5. The van der Waals surface area contributed by atoms with Crippen LogP contribution in [-0.4, -0.2) is 38.4 Å². The molecule has 1 atom stereocenters. The van der Waals surface area contributed by atoms with Gasteiger partial charge in [-0.3, -0.25) is 0 Å². The van der Waals surface area contributed by atoms with E-state index in [1.165, 1.54) is 89.0 Å². The van der Waals surface area contributed by atoms with Crippen LogP contribution in [-0.2, 0) is 20.8 Å². The molecule has 3 nitrogen and oxygen atoms in total. The number of halogens is 1. The van der Waals surface area contributed by atoms with Gasteiger partial charge in [0.05, 0.1) is 19.8 Å². The fourth-order valence-corrected chi connectivity index (χ4v) is 4.25. The molecule has 1 aromatic carbocycles.